The molecule has 2 aliphatic rings. The predicted molar refractivity (Wildman–Crippen MR) is 40.9 cm³/mol. The molecular formula is C7H9N3O. The zero-order valence-electron chi connectivity index (χ0n) is 6.00. The Hall–Kier alpha value is -1.32. The van der Waals surface area contributed by atoms with E-state index in [0.29, 0.717) is 0 Å². The van der Waals surface area contributed by atoms with Gasteiger partial charge >= 0.3 is 0 Å². The van der Waals surface area contributed by atoms with E-state index in [4.69, 9.17) is 5.73 Å². The smallest absolute Gasteiger partial charge is 0.255 e. The van der Waals surface area contributed by atoms with Crippen LogP contribution in [0.15, 0.2) is 16.6 Å². The lowest BCUT2D eigenvalue weighted by Gasteiger charge is -2.16. The van der Waals surface area contributed by atoms with Gasteiger partial charge in [0.1, 0.15) is 0 Å². The van der Waals surface area contributed by atoms with Crippen molar-refractivity contribution in [2.24, 2.45) is 10.7 Å². The Kier molecular flexibility index (Phi) is 1.21. The minimum Gasteiger partial charge on any atom is -0.370 e. The summed E-state index contributed by atoms with van der Waals surface area (Å²) in [6.07, 6.45) is 3.78. The van der Waals surface area contributed by atoms with Crippen molar-refractivity contribution < 1.29 is 4.79 Å². The molecule has 0 unspecified atom stereocenters. The van der Waals surface area contributed by atoms with E-state index < -0.39 is 0 Å². The fourth-order valence-corrected chi connectivity index (χ4v) is 1.46. The van der Waals surface area contributed by atoms with Crippen LogP contribution < -0.4 is 11.1 Å². The fraction of sp³-hybridized carbons (Fsp3) is 0.429. The predicted octanol–water partition coefficient (Wildman–Crippen LogP) is -0.480. The highest BCUT2D eigenvalue weighted by molar-refractivity contribution is 6.08. The molecule has 0 saturated carbocycles. The summed E-state index contributed by atoms with van der Waals surface area (Å²) >= 11 is 0. The topological polar surface area (TPSA) is 67.5 Å². The Labute approximate surface area is 64.2 Å². The first-order valence-electron chi connectivity index (χ1n) is 3.62. The summed E-state index contributed by atoms with van der Waals surface area (Å²) in [6, 6.07) is 0.0312. The molecule has 0 aromatic heterocycles. The number of allylic oxidation sites excluding steroid dienone is 1. The van der Waals surface area contributed by atoms with Crippen molar-refractivity contribution in [2.45, 2.75) is 18.9 Å². The number of carbonyl (C=O) groups is 1. The maximum Gasteiger partial charge on any atom is 0.255 e. The van der Waals surface area contributed by atoms with Gasteiger partial charge in [-0.3, -0.25) is 10.1 Å². The molecule has 0 bridgehead atoms. The maximum atomic E-state index is 11.1. The molecule has 2 rings (SSSR count). The summed E-state index contributed by atoms with van der Waals surface area (Å²) in [5, 5.41) is 2.47. The first kappa shape index (κ1) is 6.39. The monoisotopic (exact) mass is 151 g/mol. The molecule has 1 aliphatic heterocycles. The van der Waals surface area contributed by atoms with Crippen LogP contribution in [0.5, 0.6) is 0 Å². The van der Waals surface area contributed by atoms with Crippen LogP contribution in [0.25, 0.3) is 0 Å². The first-order valence-corrected chi connectivity index (χ1v) is 3.62. The molecule has 58 valence electrons. The van der Waals surface area contributed by atoms with Crippen LogP contribution in [0.1, 0.15) is 12.8 Å². The van der Waals surface area contributed by atoms with Crippen molar-refractivity contribution >= 4 is 11.9 Å². The Bertz CT molecular complexity index is 267. The second-order valence-corrected chi connectivity index (χ2v) is 2.72. The summed E-state index contributed by atoms with van der Waals surface area (Å²) < 4.78 is 0. The zero-order chi connectivity index (χ0) is 7.84. The van der Waals surface area contributed by atoms with E-state index in [0.717, 1.165) is 18.4 Å². The highest BCUT2D eigenvalue weighted by atomic mass is 16.2. The van der Waals surface area contributed by atoms with Gasteiger partial charge in [-0.1, -0.05) is 6.08 Å². The normalized spacial score (nSPS) is 28.7. The van der Waals surface area contributed by atoms with Gasteiger partial charge in [-0.15, -0.1) is 0 Å². The molecule has 0 aromatic rings. The average Bonchev–Trinajstić information content (AvgIpc) is 2.34. The van der Waals surface area contributed by atoms with Gasteiger partial charge in [0.2, 0.25) is 0 Å². The van der Waals surface area contributed by atoms with E-state index in [-0.39, 0.29) is 17.9 Å². The van der Waals surface area contributed by atoms with E-state index >= 15 is 0 Å². The highest BCUT2D eigenvalue weighted by Gasteiger charge is 2.28. The number of guanidine groups is 1. The van der Waals surface area contributed by atoms with E-state index in [1.807, 2.05) is 6.08 Å². The van der Waals surface area contributed by atoms with Crippen molar-refractivity contribution in [3.8, 4) is 0 Å². The lowest BCUT2D eigenvalue weighted by molar-refractivity contribution is -0.116. The number of carbonyl (C=O) groups excluding carboxylic acids is 1. The molecule has 1 atom stereocenters. The van der Waals surface area contributed by atoms with Crippen LogP contribution in [-0.4, -0.2) is 17.9 Å². The third-order valence-electron chi connectivity index (χ3n) is 1.96. The molecule has 0 saturated heterocycles. The van der Waals surface area contributed by atoms with Crippen LogP contribution >= 0.6 is 0 Å². The number of nitrogens with two attached hydrogens (primary N) is 1. The Morgan fingerprint density at radius 2 is 2.55 bits per heavy atom. The summed E-state index contributed by atoms with van der Waals surface area (Å²) in [5.74, 6) is 0.166. The van der Waals surface area contributed by atoms with Crippen molar-refractivity contribution in [3.05, 3.63) is 11.6 Å². The van der Waals surface area contributed by atoms with Gasteiger partial charge in [0.05, 0.1) is 6.04 Å². The molecule has 1 amide bonds. The fourth-order valence-electron chi connectivity index (χ4n) is 1.46. The van der Waals surface area contributed by atoms with Crippen molar-refractivity contribution in [3.63, 3.8) is 0 Å². The Morgan fingerprint density at radius 3 is 3.36 bits per heavy atom. The number of nitrogens with one attached hydrogen (secondary N) is 1. The van der Waals surface area contributed by atoms with Gasteiger partial charge in [0.15, 0.2) is 5.96 Å². The second-order valence-electron chi connectivity index (χ2n) is 2.72. The molecule has 1 aliphatic carbocycles. The molecule has 0 spiro atoms. The second kappa shape index (κ2) is 2.08. The number of nitrogens with zero attached hydrogens (tertiary/aromatic N) is 1. The van der Waals surface area contributed by atoms with Crippen molar-refractivity contribution in [1.29, 1.82) is 0 Å². The largest absolute Gasteiger partial charge is 0.370 e. The van der Waals surface area contributed by atoms with E-state index in [1.54, 1.807) is 0 Å². The van der Waals surface area contributed by atoms with Gasteiger partial charge in [0, 0.05) is 5.57 Å². The van der Waals surface area contributed by atoms with Crippen molar-refractivity contribution in [2.75, 3.05) is 0 Å². The SMILES string of the molecule is NC1=N[C@H]2CCC=C2C(=O)N1. The number of hydrogen-bond donors (Lipinski definition) is 2. The third kappa shape index (κ3) is 0.906. The number of fused-ring (bicyclic) bond motifs is 1. The molecule has 4 heteroatoms. The molecular weight excluding hydrogens is 142 g/mol. The molecule has 4 nitrogen and oxygen atoms in total. The maximum absolute atomic E-state index is 11.1. The third-order valence-corrected chi connectivity index (χ3v) is 1.96. The first-order chi connectivity index (χ1) is 5.27. The molecule has 0 aromatic carbocycles. The summed E-state index contributed by atoms with van der Waals surface area (Å²) in [7, 11) is 0. The van der Waals surface area contributed by atoms with Gasteiger partial charge in [-0.25, -0.2) is 4.99 Å². The minimum atomic E-state index is -0.0833. The molecule has 3 N–H and O–H groups in total. The van der Waals surface area contributed by atoms with E-state index in [2.05, 4.69) is 10.3 Å². The zero-order valence-corrected chi connectivity index (χ0v) is 6.00. The summed E-state index contributed by atoms with van der Waals surface area (Å²) in [5.41, 5.74) is 6.15. The van der Waals surface area contributed by atoms with Crippen LogP contribution in [0, 0.1) is 0 Å². The molecule has 0 fully saturated rings. The standard InChI is InChI=1S/C7H9N3O/c8-7-9-5-3-1-2-4(5)6(11)10-7/h2,5H,1,3H2,(H3,8,9,10,11)/t5-/m0/s1. The lowest BCUT2D eigenvalue weighted by Crippen LogP contribution is -2.43. The van der Waals surface area contributed by atoms with Gasteiger partial charge in [0.25, 0.3) is 5.91 Å². The van der Waals surface area contributed by atoms with Crippen molar-refractivity contribution in [1.82, 2.24) is 5.32 Å². The highest BCUT2D eigenvalue weighted by Crippen LogP contribution is 2.23. The van der Waals surface area contributed by atoms with Crippen LogP contribution in [-0.2, 0) is 4.79 Å². The number of aliphatic imine (C=N–C) groups is 1. The van der Waals surface area contributed by atoms with Gasteiger partial charge in [-0.05, 0) is 12.8 Å². The van der Waals surface area contributed by atoms with E-state index in [9.17, 15) is 4.79 Å². The molecule has 11 heavy (non-hydrogen) atoms. The number of hydrogen-bond acceptors (Lipinski definition) is 3. The molecule has 0 radical (unpaired) electrons. The molecule has 1 heterocycles. The Morgan fingerprint density at radius 1 is 1.73 bits per heavy atom. The summed E-state index contributed by atoms with van der Waals surface area (Å²) in [6.45, 7) is 0. The van der Waals surface area contributed by atoms with Gasteiger partial charge < -0.3 is 5.73 Å². The number of rotatable bonds is 0. The minimum absolute atomic E-state index is 0.0312. The van der Waals surface area contributed by atoms with Crippen LogP contribution in [0.4, 0.5) is 0 Å². The van der Waals surface area contributed by atoms with Crippen LogP contribution in [0.3, 0.4) is 0 Å². The lowest BCUT2D eigenvalue weighted by atomic mass is 10.1. The number of amides is 1. The van der Waals surface area contributed by atoms with Gasteiger partial charge in [-0.2, -0.15) is 0 Å². The Balaban J connectivity index is 2.36. The average molecular weight is 151 g/mol. The van der Waals surface area contributed by atoms with Crippen LogP contribution in [0.2, 0.25) is 0 Å². The summed E-state index contributed by atoms with van der Waals surface area (Å²) in [4.78, 5) is 15.2. The van der Waals surface area contributed by atoms with E-state index in [1.165, 1.54) is 0 Å². The quantitative estimate of drug-likeness (QED) is 0.491.